The van der Waals surface area contributed by atoms with Gasteiger partial charge in [-0.1, -0.05) is 12.1 Å². The lowest BCUT2D eigenvalue weighted by atomic mass is 10.1. The summed E-state index contributed by atoms with van der Waals surface area (Å²) >= 11 is 0. The summed E-state index contributed by atoms with van der Waals surface area (Å²) in [6.45, 7) is 4.63. The average Bonchev–Trinajstić information content (AvgIpc) is 2.35. The highest BCUT2D eigenvalue weighted by atomic mass is 14.8. The molecule has 0 spiro atoms. The van der Waals surface area contributed by atoms with Gasteiger partial charge < -0.3 is 11.1 Å². The lowest BCUT2D eigenvalue weighted by molar-refractivity contribution is 0.656. The number of aryl methyl sites for hydroxylation is 1. The summed E-state index contributed by atoms with van der Waals surface area (Å²) in [5.41, 5.74) is 8.87. The maximum absolute atomic E-state index is 5.45. The molecule has 90 valence electrons. The lowest BCUT2D eigenvalue weighted by Crippen LogP contribution is -2.17. The number of aromatic nitrogens is 1. The van der Waals surface area contributed by atoms with E-state index in [2.05, 4.69) is 34.6 Å². The average molecular weight is 229 g/mol. The first-order chi connectivity index (χ1) is 8.29. The number of hydrogen-bond donors (Lipinski definition) is 2. The summed E-state index contributed by atoms with van der Waals surface area (Å²) in [6, 6.07) is 10.6. The van der Waals surface area contributed by atoms with Gasteiger partial charge in [-0.05, 0) is 50.2 Å². The molecule has 0 fully saturated rings. The van der Waals surface area contributed by atoms with Crippen molar-refractivity contribution in [3.8, 4) is 0 Å². The topological polar surface area (TPSA) is 50.9 Å². The number of fused-ring (bicyclic) bond motifs is 1. The normalized spacial score (nSPS) is 10.9. The monoisotopic (exact) mass is 229 g/mol. The van der Waals surface area contributed by atoms with Crippen LogP contribution in [0.25, 0.3) is 10.9 Å². The Hall–Kier alpha value is -1.45. The van der Waals surface area contributed by atoms with E-state index in [4.69, 9.17) is 5.73 Å². The van der Waals surface area contributed by atoms with Gasteiger partial charge in [0.2, 0.25) is 0 Å². The van der Waals surface area contributed by atoms with E-state index >= 15 is 0 Å². The SMILES string of the molecule is Cc1ccc2cc(CNCCCN)ccc2n1. The Morgan fingerprint density at radius 3 is 2.94 bits per heavy atom. The highest BCUT2D eigenvalue weighted by Gasteiger charge is 1.98. The fraction of sp³-hybridized carbons (Fsp3) is 0.357. The van der Waals surface area contributed by atoms with Crippen LogP contribution in [0, 0.1) is 6.92 Å². The van der Waals surface area contributed by atoms with E-state index in [0.29, 0.717) is 0 Å². The molecule has 3 heteroatoms. The van der Waals surface area contributed by atoms with Gasteiger partial charge in [0.25, 0.3) is 0 Å². The van der Waals surface area contributed by atoms with Crippen molar-refractivity contribution >= 4 is 10.9 Å². The maximum Gasteiger partial charge on any atom is 0.0705 e. The van der Waals surface area contributed by atoms with E-state index in [-0.39, 0.29) is 0 Å². The standard InChI is InChI=1S/C14H19N3/c1-11-3-5-13-9-12(4-6-14(13)17-11)10-16-8-2-7-15/h3-6,9,16H,2,7-8,10,15H2,1H3. The lowest BCUT2D eigenvalue weighted by Gasteiger charge is -2.05. The number of benzene rings is 1. The van der Waals surface area contributed by atoms with Gasteiger partial charge in [0.1, 0.15) is 0 Å². The summed E-state index contributed by atoms with van der Waals surface area (Å²) in [4.78, 5) is 4.49. The largest absolute Gasteiger partial charge is 0.330 e. The summed E-state index contributed by atoms with van der Waals surface area (Å²) in [7, 11) is 0. The molecular formula is C14H19N3. The van der Waals surface area contributed by atoms with Gasteiger partial charge in [-0.3, -0.25) is 4.98 Å². The first kappa shape index (κ1) is 12.0. The molecule has 0 radical (unpaired) electrons. The van der Waals surface area contributed by atoms with Gasteiger partial charge in [0.05, 0.1) is 5.52 Å². The Bertz CT molecular complexity index is 494. The van der Waals surface area contributed by atoms with Crippen molar-refractivity contribution in [2.24, 2.45) is 5.73 Å². The molecular weight excluding hydrogens is 210 g/mol. The number of rotatable bonds is 5. The van der Waals surface area contributed by atoms with Crippen molar-refractivity contribution in [2.45, 2.75) is 19.9 Å². The summed E-state index contributed by atoms with van der Waals surface area (Å²) in [5.74, 6) is 0. The molecule has 0 atom stereocenters. The Balaban J connectivity index is 2.07. The van der Waals surface area contributed by atoms with Crippen LogP contribution < -0.4 is 11.1 Å². The van der Waals surface area contributed by atoms with E-state index in [0.717, 1.165) is 37.3 Å². The minimum absolute atomic E-state index is 0.744. The van der Waals surface area contributed by atoms with Gasteiger partial charge in [-0.25, -0.2) is 0 Å². The minimum atomic E-state index is 0.744. The third-order valence-corrected chi connectivity index (χ3v) is 2.78. The number of pyridine rings is 1. The molecule has 3 nitrogen and oxygen atoms in total. The zero-order valence-corrected chi connectivity index (χ0v) is 10.2. The first-order valence-electron chi connectivity index (χ1n) is 6.06. The third kappa shape index (κ3) is 3.25. The number of nitrogens with two attached hydrogens (primary N) is 1. The molecule has 0 saturated heterocycles. The van der Waals surface area contributed by atoms with Crippen molar-refractivity contribution in [3.05, 3.63) is 41.6 Å². The van der Waals surface area contributed by atoms with Crippen LogP contribution in [0.5, 0.6) is 0 Å². The molecule has 0 saturated carbocycles. The van der Waals surface area contributed by atoms with Crippen LogP contribution in [-0.4, -0.2) is 18.1 Å². The molecule has 2 aromatic rings. The molecule has 0 aliphatic rings. The molecule has 3 N–H and O–H groups in total. The fourth-order valence-electron chi connectivity index (χ4n) is 1.85. The Labute approximate surface area is 102 Å². The molecule has 0 unspecified atom stereocenters. The molecule has 17 heavy (non-hydrogen) atoms. The number of nitrogens with zero attached hydrogens (tertiary/aromatic N) is 1. The van der Waals surface area contributed by atoms with Gasteiger partial charge in [0, 0.05) is 17.6 Å². The van der Waals surface area contributed by atoms with Crippen LogP contribution in [0.3, 0.4) is 0 Å². The number of nitrogens with one attached hydrogen (secondary N) is 1. The Morgan fingerprint density at radius 2 is 2.12 bits per heavy atom. The van der Waals surface area contributed by atoms with Crippen LogP contribution >= 0.6 is 0 Å². The minimum Gasteiger partial charge on any atom is -0.330 e. The van der Waals surface area contributed by atoms with Gasteiger partial charge in [-0.15, -0.1) is 0 Å². The molecule has 0 bridgehead atoms. The molecule has 1 heterocycles. The quantitative estimate of drug-likeness (QED) is 0.771. The van der Waals surface area contributed by atoms with Crippen molar-refractivity contribution in [1.82, 2.24) is 10.3 Å². The zero-order valence-electron chi connectivity index (χ0n) is 10.2. The van der Waals surface area contributed by atoms with Gasteiger partial charge in [0.15, 0.2) is 0 Å². The molecule has 0 amide bonds. The predicted molar refractivity (Wildman–Crippen MR) is 71.9 cm³/mol. The van der Waals surface area contributed by atoms with E-state index in [1.54, 1.807) is 0 Å². The fourth-order valence-corrected chi connectivity index (χ4v) is 1.85. The second-order valence-electron chi connectivity index (χ2n) is 4.30. The Morgan fingerprint density at radius 1 is 1.24 bits per heavy atom. The van der Waals surface area contributed by atoms with Crippen molar-refractivity contribution in [3.63, 3.8) is 0 Å². The van der Waals surface area contributed by atoms with E-state index in [9.17, 15) is 0 Å². The van der Waals surface area contributed by atoms with Crippen LogP contribution in [-0.2, 0) is 6.54 Å². The highest BCUT2D eigenvalue weighted by Crippen LogP contribution is 2.14. The van der Waals surface area contributed by atoms with Crippen LogP contribution in [0.4, 0.5) is 0 Å². The number of hydrogen-bond acceptors (Lipinski definition) is 3. The van der Waals surface area contributed by atoms with Gasteiger partial charge in [-0.2, -0.15) is 0 Å². The second-order valence-corrected chi connectivity index (χ2v) is 4.30. The maximum atomic E-state index is 5.45. The van der Waals surface area contributed by atoms with Crippen molar-refractivity contribution < 1.29 is 0 Å². The van der Waals surface area contributed by atoms with E-state index in [1.807, 2.05) is 13.0 Å². The third-order valence-electron chi connectivity index (χ3n) is 2.78. The van der Waals surface area contributed by atoms with Crippen molar-refractivity contribution in [2.75, 3.05) is 13.1 Å². The highest BCUT2D eigenvalue weighted by molar-refractivity contribution is 5.79. The smallest absolute Gasteiger partial charge is 0.0705 e. The van der Waals surface area contributed by atoms with E-state index in [1.165, 1.54) is 10.9 Å². The van der Waals surface area contributed by atoms with Crippen LogP contribution in [0.1, 0.15) is 17.7 Å². The molecule has 0 aliphatic carbocycles. The first-order valence-corrected chi connectivity index (χ1v) is 6.06. The van der Waals surface area contributed by atoms with Crippen molar-refractivity contribution in [1.29, 1.82) is 0 Å². The molecule has 0 aliphatic heterocycles. The zero-order chi connectivity index (χ0) is 12.1. The predicted octanol–water partition coefficient (Wildman–Crippen LogP) is 1.98. The molecule has 1 aromatic carbocycles. The summed E-state index contributed by atoms with van der Waals surface area (Å²) in [6.07, 6.45) is 1.02. The van der Waals surface area contributed by atoms with Crippen LogP contribution in [0.2, 0.25) is 0 Å². The Kier molecular flexibility index (Phi) is 4.07. The second kappa shape index (κ2) is 5.75. The summed E-state index contributed by atoms with van der Waals surface area (Å²) in [5, 5.41) is 4.58. The molecule has 2 rings (SSSR count). The summed E-state index contributed by atoms with van der Waals surface area (Å²) < 4.78 is 0. The van der Waals surface area contributed by atoms with Crippen LogP contribution in [0.15, 0.2) is 30.3 Å². The molecule has 1 aromatic heterocycles. The van der Waals surface area contributed by atoms with E-state index < -0.39 is 0 Å². The van der Waals surface area contributed by atoms with Gasteiger partial charge >= 0.3 is 0 Å².